The molecular weight excluding hydrogens is 875 g/mol. The molecule has 0 N–H and O–H groups in total. The Kier molecular flexibility index (Phi) is 8.23. The standard InChI is InChI=1S/C64H41N3S2/c1-64(2)48-25-13-9-21-41(48)42-31-29-40(36-49(42)64)60-43-22-10-14-26-50(43)65-63(66-60)67-51-33-30-39(55(37-17-5-3-6-18-37)38-19-7-4-8-20-38)35-47(51)59-61(67)46-32-34-54-56(44-23-11-15-27-52(44)68-54)57(46)58-45-24-12-16-28-53(45)69-62(58)59/h3-36,55H,1-2H3. The Labute approximate surface area is 406 Å². The minimum atomic E-state index is -0.152. The first-order valence-corrected chi connectivity index (χ1v) is 25.4. The first-order valence-electron chi connectivity index (χ1n) is 23.8. The number of aromatic nitrogens is 3. The van der Waals surface area contributed by atoms with Crippen LogP contribution < -0.4 is 0 Å². The van der Waals surface area contributed by atoms with Crippen LogP contribution in [0.3, 0.4) is 0 Å². The van der Waals surface area contributed by atoms with Crippen molar-refractivity contribution in [1.29, 1.82) is 0 Å². The average molecular weight is 916 g/mol. The first-order chi connectivity index (χ1) is 34.0. The van der Waals surface area contributed by atoms with E-state index in [9.17, 15) is 0 Å². The molecule has 0 fully saturated rings. The largest absolute Gasteiger partial charge is 0.277 e. The third-order valence-corrected chi connectivity index (χ3v) is 17.4. The van der Waals surface area contributed by atoms with Gasteiger partial charge in [-0.15, -0.1) is 22.7 Å². The van der Waals surface area contributed by atoms with Gasteiger partial charge in [-0.1, -0.05) is 178 Å². The van der Waals surface area contributed by atoms with Crippen molar-refractivity contribution in [2.75, 3.05) is 0 Å². The molecule has 69 heavy (non-hydrogen) atoms. The van der Waals surface area contributed by atoms with E-state index in [2.05, 4.69) is 225 Å². The highest BCUT2D eigenvalue weighted by molar-refractivity contribution is 7.27. The van der Waals surface area contributed by atoms with E-state index in [-0.39, 0.29) is 11.3 Å². The third kappa shape index (κ3) is 5.54. The highest BCUT2D eigenvalue weighted by Crippen LogP contribution is 2.53. The Morgan fingerprint density at radius 2 is 1.09 bits per heavy atom. The first kappa shape index (κ1) is 39.1. The van der Waals surface area contributed by atoms with Gasteiger partial charge in [-0.05, 0) is 81.4 Å². The van der Waals surface area contributed by atoms with Crippen LogP contribution in [0, 0.1) is 0 Å². The molecule has 0 unspecified atom stereocenters. The van der Waals surface area contributed by atoms with Gasteiger partial charge in [-0.25, -0.2) is 9.97 Å². The molecule has 3 nitrogen and oxygen atoms in total. The van der Waals surface area contributed by atoms with Gasteiger partial charge in [0.2, 0.25) is 5.95 Å². The van der Waals surface area contributed by atoms with Crippen molar-refractivity contribution in [3.05, 3.63) is 234 Å². The van der Waals surface area contributed by atoms with Gasteiger partial charge in [-0.2, -0.15) is 0 Å². The molecule has 0 bridgehead atoms. The lowest BCUT2D eigenvalue weighted by atomic mass is 9.82. The third-order valence-electron chi connectivity index (χ3n) is 15.1. The molecule has 0 saturated heterocycles. The van der Waals surface area contributed by atoms with E-state index in [4.69, 9.17) is 9.97 Å². The van der Waals surface area contributed by atoms with Crippen LogP contribution in [0.5, 0.6) is 0 Å². The zero-order valence-electron chi connectivity index (χ0n) is 37.9. The number of rotatable bonds is 5. The molecule has 1 aliphatic carbocycles. The van der Waals surface area contributed by atoms with Crippen LogP contribution in [0.25, 0.3) is 112 Å². The van der Waals surface area contributed by atoms with Crippen LogP contribution in [-0.2, 0) is 5.41 Å². The molecule has 0 atom stereocenters. The van der Waals surface area contributed by atoms with Crippen LogP contribution in [-0.4, -0.2) is 14.5 Å². The summed E-state index contributed by atoms with van der Waals surface area (Å²) in [5.41, 5.74) is 14.1. The van der Waals surface area contributed by atoms with E-state index in [0.29, 0.717) is 5.95 Å². The monoisotopic (exact) mass is 915 g/mol. The van der Waals surface area contributed by atoms with E-state index in [0.717, 1.165) is 33.2 Å². The van der Waals surface area contributed by atoms with Crippen LogP contribution in [0.4, 0.5) is 0 Å². The summed E-state index contributed by atoms with van der Waals surface area (Å²) in [6, 6.07) is 76.2. The summed E-state index contributed by atoms with van der Waals surface area (Å²) in [6.07, 6.45) is 0. The minimum absolute atomic E-state index is 0.0315. The van der Waals surface area contributed by atoms with Crippen molar-refractivity contribution < 1.29 is 0 Å². The van der Waals surface area contributed by atoms with Gasteiger partial charge in [0, 0.05) is 84.2 Å². The quantitative estimate of drug-likeness (QED) is 0.161. The number of thiophene rings is 2. The molecule has 324 valence electrons. The molecule has 0 saturated carbocycles. The Hall–Kier alpha value is -7.96. The summed E-state index contributed by atoms with van der Waals surface area (Å²) in [6.45, 7) is 4.70. The van der Waals surface area contributed by atoms with Crippen molar-refractivity contribution in [3.8, 4) is 28.3 Å². The summed E-state index contributed by atoms with van der Waals surface area (Å²) in [7, 11) is 0. The second kappa shape index (κ2) is 14.5. The van der Waals surface area contributed by atoms with Crippen LogP contribution in [0.2, 0.25) is 0 Å². The van der Waals surface area contributed by atoms with Crippen LogP contribution in [0.1, 0.15) is 47.6 Å². The van der Waals surface area contributed by atoms with Crippen molar-refractivity contribution in [2.45, 2.75) is 25.2 Å². The molecule has 10 aromatic carbocycles. The van der Waals surface area contributed by atoms with Crippen LogP contribution >= 0.6 is 22.7 Å². The fraction of sp³-hybridized carbons (Fsp3) is 0.0625. The molecule has 14 aromatic rings. The maximum atomic E-state index is 5.78. The van der Waals surface area contributed by atoms with Crippen molar-refractivity contribution >= 4 is 106 Å². The van der Waals surface area contributed by atoms with E-state index >= 15 is 0 Å². The summed E-state index contributed by atoms with van der Waals surface area (Å²) in [4.78, 5) is 11.4. The molecule has 5 heteroatoms. The normalized spacial score (nSPS) is 13.3. The lowest BCUT2D eigenvalue weighted by Gasteiger charge is -2.22. The molecule has 0 amide bonds. The Bertz CT molecular complexity index is 4420. The van der Waals surface area contributed by atoms with Gasteiger partial charge >= 0.3 is 0 Å². The van der Waals surface area contributed by atoms with Gasteiger partial charge in [0.05, 0.1) is 22.2 Å². The average Bonchev–Trinajstić information content (AvgIpc) is 4.13. The number of para-hydroxylation sites is 1. The molecule has 1 aliphatic rings. The molecular formula is C64H41N3S2. The van der Waals surface area contributed by atoms with E-state index in [1.807, 2.05) is 22.7 Å². The number of benzene rings is 10. The summed E-state index contributed by atoms with van der Waals surface area (Å²) >= 11 is 3.79. The maximum Gasteiger partial charge on any atom is 0.235 e. The predicted molar refractivity (Wildman–Crippen MR) is 294 cm³/mol. The minimum Gasteiger partial charge on any atom is -0.277 e. The summed E-state index contributed by atoms with van der Waals surface area (Å²) in [5.74, 6) is 0.697. The number of fused-ring (bicyclic) bond motifs is 18. The van der Waals surface area contributed by atoms with Crippen molar-refractivity contribution in [2.24, 2.45) is 0 Å². The smallest absolute Gasteiger partial charge is 0.235 e. The lowest BCUT2D eigenvalue weighted by molar-refractivity contribution is 0.660. The molecule has 0 radical (unpaired) electrons. The molecule has 15 rings (SSSR count). The Morgan fingerprint density at radius 3 is 1.87 bits per heavy atom. The van der Waals surface area contributed by atoms with E-state index < -0.39 is 0 Å². The highest BCUT2D eigenvalue weighted by Gasteiger charge is 2.36. The highest BCUT2D eigenvalue weighted by atomic mass is 32.1. The Morgan fingerprint density at radius 1 is 0.435 bits per heavy atom. The van der Waals surface area contributed by atoms with Crippen LogP contribution in [0.15, 0.2) is 206 Å². The van der Waals surface area contributed by atoms with E-state index in [1.165, 1.54) is 101 Å². The van der Waals surface area contributed by atoms with Gasteiger partial charge in [-0.3, -0.25) is 4.57 Å². The van der Waals surface area contributed by atoms with Gasteiger partial charge < -0.3 is 0 Å². The number of hydrogen-bond acceptors (Lipinski definition) is 4. The number of hydrogen-bond donors (Lipinski definition) is 0. The van der Waals surface area contributed by atoms with Crippen molar-refractivity contribution in [1.82, 2.24) is 14.5 Å². The predicted octanol–water partition coefficient (Wildman–Crippen LogP) is 17.8. The fourth-order valence-electron chi connectivity index (χ4n) is 12.0. The fourth-order valence-corrected chi connectivity index (χ4v) is 14.4. The second-order valence-corrected chi connectivity index (χ2v) is 21.3. The molecule has 0 aliphatic heterocycles. The maximum absolute atomic E-state index is 5.78. The van der Waals surface area contributed by atoms with Gasteiger partial charge in [0.25, 0.3) is 0 Å². The van der Waals surface area contributed by atoms with Crippen molar-refractivity contribution in [3.63, 3.8) is 0 Å². The molecule has 4 heterocycles. The lowest BCUT2D eigenvalue weighted by Crippen LogP contribution is -2.15. The Balaban J connectivity index is 1.10. The van der Waals surface area contributed by atoms with E-state index in [1.54, 1.807) is 0 Å². The molecule has 4 aromatic heterocycles. The SMILES string of the molecule is CC1(C)c2ccccc2-c2ccc(-c3nc(-n4c5ccc(C(c6ccccc6)c6ccccc6)cc5c5c6sc7ccccc7c6c6c(ccc7sc8ccccc8c76)c54)nc4ccccc34)cc21. The molecule has 0 spiro atoms. The second-order valence-electron chi connectivity index (χ2n) is 19.2. The zero-order valence-corrected chi connectivity index (χ0v) is 39.5. The zero-order chi connectivity index (χ0) is 45.5. The summed E-state index contributed by atoms with van der Waals surface area (Å²) < 4.78 is 7.58. The van der Waals surface area contributed by atoms with Gasteiger partial charge in [0.15, 0.2) is 0 Å². The topological polar surface area (TPSA) is 30.7 Å². The van der Waals surface area contributed by atoms with Gasteiger partial charge in [0.1, 0.15) is 0 Å². The summed E-state index contributed by atoms with van der Waals surface area (Å²) in [5, 5.41) is 11.2. The number of nitrogens with zero attached hydrogens (tertiary/aromatic N) is 3.